The number of nitrogens with zero attached hydrogens (tertiary/aromatic N) is 2. The summed E-state index contributed by atoms with van der Waals surface area (Å²) in [5, 5.41) is 0. The van der Waals surface area contributed by atoms with Crippen LogP contribution in [0.4, 0.5) is 4.39 Å². The fourth-order valence-electron chi connectivity index (χ4n) is 6.03. The summed E-state index contributed by atoms with van der Waals surface area (Å²) in [5.74, 6) is 1.45. The Balaban J connectivity index is 1.29. The molecule has 0 bridgehead atoms. The molecule has 0 fully saturated rings. The Morgan fingerprint density at radius 2 is 1.80 bits per heavy atom. The molecule has 0 N–H and O–H groups in total. The normalized spacial score (nSPS) is 17.2. The van der Waals surface area contributed by atoms with Crippen LogP contribution in [0.25, 0.3) is 22.5 Å². The summed E-state index contributed by atoms with van der Waals surface area (Å²) in [7, 11) is 1.39. The van der Waals surface area contributed by atoms with Gasteiger partial charge in [-0.1, -0.05) is 12.1 Å². The number of hydrogen-bond donors (Lipinski definition) is 0. The lowest BCUT2D eigenvalue weighted by molar-refractivity contribution is -0.141. The zero-order valence-corrected chi connectivity index (χ0v) is 23.1. The van der Waals surface area contributed by atoms with Gasteiger partial charge in [-0.3, -0.25) is 4.79 Å². The molecule has 2 aliphatic rings. The molecule has 1 aliphatic heterocycles. The number of ether oxygens (including phenoxy) is 3. The molecule has 3 aromatic carbocycles. The molecular weight excluding hydrogens is 507 g/mol. The highest BCUT2D eigenvalue weighted by Gasteiger charge is 2.32. The van der Waals surface area contributed by atoms with Crippen molar-refractivity contribution in [2.75, 3.05) is 13.7 Å². The van der Waals surface area contributed by atoms with Gasteiger partial charge in [-0.15, -0.1) is 0 Å². The molecule has 1 aliphatic carbocycles. The molecule has 6 nitrogen and oxygen atoms in total. The van der Waals surface area contributed by atoms with Gasteiger partial charge in [0.05, 0.1) is 20.1 Å². The molecule has 0 radical (unpaired) electrons. The van der Waals surface area contributed by atoms with Gasteiger partial charge < -0.3 is 14.2 Å². The van der Waals surface area contributed by atoms with Crippen molar-refractivity contribution in [1.29, 1.82) is 0 Å². The quantitative estimate of drug-likeness (QED) is 0.247. The highest BCUT2D eigenvalue weighted by molar-refractivity contribution is 5.78. The molecule has 40 heavy (non-hydrogen) atoms. The van der Waals surface area contributed by atoms with Crippen molar-refractivity contribution in [2.45, 2.75) is 52.1 Å². The number of halogens is 1. The average molecular weight is 539 g/mol. The van der Waals surface area contributed by atoms with Gasteiger partial charge in [-0.05, 0) is 91.3 Å². The second kappa shape index (κ2) is 10.4. The molecule has 0 saturated heterocycles. The fourth-order valence-corrected chi connectivity index (χ4v) is 6.03. The number of carbonyl (C=O) groups excluding carboxylic acids is 1. The van der Waals surface area contributed by atoms with E-state index in [1.807, 2.05) is 43.6 Å². The molecule has 1 unspecified atom stereocenters. The van der Waals surface area contributed by atoms with E-state index >= 15 is 4.39 Å². The van der Waals surface area contributed by atoms with E-state index < -0.39 is 6.10 Å². The van der Waals surface area contributed by atoms with Crippen molar-refractivity contribution in [1.82, 2.24) is 9.97 Å². The van der Waals surface area contributed by atoms with Crippen LogP contribution in [0.3, 0.4) is 0 Å². The van der Waals surface area contributed by atoms with Crippen molar-refractivity contribution < 1.29 is 23.4 Å². The predicted octanol–water partition coefficient (Wildman–Crippen LogP) is 6.98. The first-order valence-electron chi connectivity index (χ1n) is 13.5. The van der Waals surface area contributed by atoms with Gasteiger partial charge in [0.2, 0.25) is 0 Å². The van der Waals surface area contributed by atoms with E-state index in [9.17, 15) is 4.79 Å². The van der Waals surface area contributed by atoms with Gasteiger partial charge in [0.1, 0.15) is 23.4 Å². The van der Waals surface area contributed by atoms with Crippen LogP contribution in [0.2, 0.25) is 0 Å². The molecule has 204 valence electrons. The first-order valence-corrected chi connectivity index (χ1v) is 13.5. The molecule has 7 heteroatoms. The summed E-state index contributed by atoms with van der Waals surface area (Å²) in [5.41, 5.74) is 8.88. The third-order valence-corrected chi connectivity index (χ3v) is 7.91. The van der Waals surface area contributed by atoms with E-state index in [1.54, 1.807) is 6.07 Å². The lowest BCUT2D eigenvalue weighted by Gasteiger charge is -2.19. The van der Waals surface area contributed by atoms with Gasteiger partial charge in [0.25, 0.3) is 0 Å². The lowest BCUT2D eigenvalue weighted by atomic mass is 9.89. The zero-order chi connectivity index (χ0) is 28.0. The predicted molar refractivity (Wildman–Crippen MR) is 150 cm³/mol. The van der Waals surface area contributed by atoms with Crippen LogP contribution in [-0.2, 0) is 16.0 Å². The minimum Gasteiger partial charge on any atom is -0.492 e. The van der Waals surface area contributed by atoms with Crippen molar-refractivity contribution in [3.8, 4) is 34.0 Å². The average Bonchev–Trinajstić information content (AvgIpc) is 3.54. The third-order valence-electron chi connectivity index (χ3n) is 7.91. The van der Waals surface area contributed by atoms with Gasteiger partial charge >= 0.3 is 5.97 Å². The van der Waals surface area contributed by atoms with Crippen LogP contribution in [0.5, 0.6) is 11.5 Å². The maximum Gasteiger partial charge on any atom is 0.306 e. The number of esters is 1. The Morgan fingerprint density at radius 1 is 1.05 bits per heavy atom. The largest absolute Gasteiger partial charge is 0.492 e. The van der Waals surface area contributed by atoms with E-state index in [0.29, 0.717) is 35.9 Å². The number of carbonyl (C=O) groups is 1. The Morgan fingerprint density at radius 3 is 2.52 bits per heavy atom. The minimum absolute atomic E-state index is 0.0425. The van der Waals surface area contributed by atoms with Crippen LogP contribution in [0.1, 0.15) is 58.2 Å². The second-order valence-electron chi connectivity index (χ2n) is 10.7. The molecule has 2 atom stereocenters. The van der Waals surface area contributed by atoms with E-state index in [2.05, 4.69) is 35.9 Å². The Kier molecular flexibility index (Phi) is 6.74. The van der Waals surface area contributed by atoms with Crippen LogP contribution in [0.15, 0.2) is 54.9 Å². The maximum absolute atomic E-state index is 15.3. The number of rotatable bonds is 6. The standard InChI is InChI=1S/C33H31FN2O4/c1-18-15-35-33(36-16-18)21-11-19(2)31(20(3)12-21)25-7-9-27(34)32-26(25)8-10-28(32)40-23-5-6-24-22(13-30(37)38-4)17-39-29(24)14-23/h5-7,9,11-12,14-16,22,28H,8,10,13,17H2,1-4H3/t22?,28-/m1/s1. The smallest absolute Gasteiger partial charge is 0.306 e. The summed E-state index contributed by atoms with van der Waals surface area (Å²) in [6, 6.07) is 13.3. The van der Waals surface area contributed by atoms with Gasteiger partial charge in [0.15, 0.2) is 5.82 Å². The number of aromatic nitrogens is 2. The van der Waals surface area contributed by atoms with Crippen LogP contribution in [0, 0.1) is 26.6 Å². The Bertz CT molecular complexity index is 1590. The summed E-state index contributed by atoms with van der Waals surface area (Å²) in [6.07, 6.45) is 4.91. The van der Waals surface area contributed by atoms with Crippen molar-refractivity contribution in [2.24, 2.45) is 0 Å². The summed E-state index contributed by atoms with van der Waals surface area (Å²) >= 11 is 0. The highest BCUT2D eigenvalue weighted by atomic mass is 19.1. The van der Waals surface area contributed by atoms with Gasteiger partial charge in [0, 0.05) is 41.1 Å². The Hall–Kier alpha value is -4.26. The SMILES string of the molecule is COC(=O)CC1COc2cc(O[C@@H]3CCc4c(-c5c(C)cc(-c6ncc(C)cn6)cc5C)ccc(F)c43)ccc21. The molecule has 2 heterocycles. The molecule has 0 spiro atoms. The van der Waals surface area contributed by atoms with E-state index in [1.165, 1.54) is 7.11 Å². The van der Waals surface area contributed by atoms with Gasteiger partial charge in [-0.2, -0.15) is 0 Å². The first-order chi connectivity index (χ1) is 19.3. The zero-order valence-electron chi connectivity index (χ0n) is 23.1. The topological polar surface area (TPSA) is 70.5 Å². The number of hydrogen-bond acceptors (Lipinski definition) is 6. The second-order valence-corrected chi connectivity index (χ2v) is 10.7. The van der Waals surface area contributed by atoms with Crippen LogP contribution < -0.4 is 9.47 Å². The molecule has 4 aromatic rings. The van der Waals surface area contributed by atoms with Crippen LogP contribution >= 0.6 is 0 Å². The van der Waals surface area contributed by atoms with E-state index in [0.717, 1.165) is 50.9 Å². The van der Waals surface area contributed by atoms with Crippen molar-refractivity contribution >= 4 is 5.97 Å². The number of fused-ring (bicyclic) bond motifs is 2. The van der Waals surface area contributed by atoms with Gasteiger partial charge in [-0.25, -0.2) is 14.4 Å². The van der Waals surface area contributed by atoms with E-state index in [-0.39, 0.29) is 24.1 Å². The Labute approximate surface area is 233 Å². The summed E-state index contributed by atoms with van der Waals surface area (Å²) < 4.78 is 32.3. The lowest BCUT2D eigenvalue weighted by Crippen LogP contribution is -2.09. The van der Waals surface area contributed by atoms with Crippen molar-refractivity contribution in [3.63, 3.8) is 0 Å². The molecule has 0 saturated carbocycles. The number of benzene rings is 3. The maximum atomic E-state index is 15.3. The molecule has 6 rings (SSSR count). The monoisotopic (exact) mass is 538 g/mol. The number of methoxy groups -OCH3 is 1. The molecule has 1 aromatic heterocycles. The van der Waals surface area contributed by atoms with Crippen LogP contribution in [-0.4, -0.2) is 29.7 Å². The molecule has 0 amide bonds. The summed E-state index contributed by atoms with van der Waals surface area (Å²) in [4.78, 5) is 20.7. The fraction of sp³-hybridized carbons (Fsp3) is 0.303. The highest BCUT2D eigenvalue weighted by Crippen LogP contribution is 2.45. The summed E-state index contributed by atoms with van der Waals surface area (Å²) in [6.45, 7) is 6.55. The van der Waals surface area contributed by atoms with Crippen molar-refractivity contribution in [3.05, 3.63) is 94.1 Å². The number of aryl methyl sites for hydroxylation is 3. The molecular formula is C33H31FN2O4. The third kappa shape index (κ3) is 4.70. The minimum atomic E-state index is -0.402. The first kappa shape index (κ1) is 26.0. The van der Waals surface area contributed by atoms with E-state index in [4.69, 9.17) is 14.2 Å².